The summed E-state index contributed by atoms with van der Waals surface area (Å²) in [5.41, 5.74) is 17.2. The summed E-state index contributed by atoms with van der Waals surface area (Å²) in [5.74, 6) is 1.62. The van der Waals surface area contributed by atoms with Gasteiger partial charge in [0.15, 0.2) is 0 Å². The average molecular weight is 748 g/mol. The first-order chi connectivity index (χ1) is 28.2. The molecule has 1 heterocycles. The lowest BCUT2D eigenvalue weighted by Gasteiger charge is -2.36. The molecule has 272 valence electrons. The molecular formula is C55H41NS. The van der Waals surface area contributed by atoms with Gasteiger partial charge in [-0.2, -0.15) is 0 Å². The SMILES string of the molecule is c1ccc(-c2ccc(N(c3ccc(-c4ccc5c(c4)C4(CC6CCC4C6)c4ccccc4-5)cc3)c3ccc(-c4cccc5c4sc4ccccc45)cc3)cc2)cc1. The van der Waals surface area contributed by atoms with Crippen molar-refractivity contribution in [3.8, 4) is 44.5 Å². The van der Waals surface area contributed by atoms with Gasteiger partial charge in [-0.05, 0) is 135 Å². The highest BCUT2D eigenvalue weighted by molar-refractivity contribution is 7.26. The van der Waals surface area contributed by atoms with Crippen molar-refractivity contribution in [3.63, 3.8) is 0 Å². The Morgan fingerprint density at radius 2 is 1.02 bits per heavy atom. The number of fused-ring (bicyclic) bond motifs is 11. The van der Waals surface area contributed by atoms with Crippen molar-refractivity contribution < 1.29 is 0 Å². The molecule has 2 fully saturated rings. The first-order valence-corrected chi connectivity index (χ1v) is 21.3. The fraction of sp³-hybridized carbons (Fsp3) is 0.127. The molecule has 0 N–H and O–H groups in total. The predicted molar refractivity (Wildman–Crippen MR) is 242 cm³/mol. The lowest BCUT2D eigenvalue weighted by molar-refractivity contribution is 0.327. The minimum atomic E-state index is 0.183. The van der Waals surface area contributed by atoms with Crippen LogP contribution in [0.3, 0.4) is 0 Å². The molecule has 3 unspecified atom stereocenters. The van der Waals surface area contributed by atoms with E-state index in [0.29, 0.717) is 0 Å². The van der Waals surface area contributed by atoms with Crippen molar-refractivity contribution in [3.05, 3.63) is 199 Å². The molecule has 1 aromatic heterocycles. The summed E-state index contributed by atoms with van der Waals surface area (Å²) in [6.07, 6.45) is 5.46. The zero-order valence-corrected chi connectivity index (χ0v) is 32.6. The highest BCUT2D eigenvalue weighted by Crippen LogP contribution is 2.65. The molecule has 3 aliphatic carbocycles. The highest BCUT2D eigenvalue weighted by atomic mass is 32.1. The standard InChI is InChI=1S/C55H41NS/c1-2-9-37(10-3-1)38-18-26-43(27-19-38)56(45-30-22-40(23-31-45)46-13-8-14-50-49-12-5-7-16-53(49)57-54(46)50)44-28-20-39(21-29-44)41-24-32-48-47-11-4-6-15-51(47)55(52(48)34-41)35-36-17-25-42(55)33-36/h1-16,18-24,26-32,34,36,42H,17,25,33,35H2. The van der Waals surface area contributed by atoms with E-state index in [1.165, 1.54) is 90.4 Å². The smallest absolute Gasteiger partial charge is 0.0462 e. The van der Waals surface area contributed by atoms with Crippen LogP contribution in [-0.2, 0) is 5.41 Å². The van der Waals surface area contributed by atoms with E-state index < -0.39 is 0 Å². The second kappa shape index (κ2) is 12.9. The van der Waals surface area contributed by atoms with Crippen molar-refractivity contribution >= 4 is 48.6 Å². The van der Waals surface area contributed by atoms with Gasteiger partial charge in [-0.25, -0.2) is 0 Å². The molecule has 2 bridgehead atoms. The molecule has 1 nitrogen and oxygen atoms in total. The van der Waals surface area contributed by atoms with Gasteiger partial charge in [-0.15, -0.1) is 11.3 Å². The summed E-state index contributed by atoms with van der Waals surface area (Å²) in [6, 6.07) is 70.2. The van der Waals surface area contributed by atoms with E-state index in [1.807, 2.05) is 11.3 Å². The number of nitrogens with zero attached hydrogens (tertiary/aromatic N) is 1. The van der Waals surface area contributed by atoms with E-state index in [2.05, 4.69) is 193 Å². The topological polar surface area (TPSA) is 3.24 Å². The minimum Gasteiger partial charge on any atom is -0.311 e. The molecule has 0 radical (unpaired) electrons. The van der Waals surface area contributed by atoms with Crippen LogP contribution >= 0.6 is 11.3 Å². The molecule has 0 aliphatic heterocycles. The van der Waals surface area contributed by atoms with Crippen LogP contribution in [0.1, 0.15) is 36.8 Å². The predicted octanol–water partition coefficient (Wildman–Crippen LogP) is 15.6. The molecular weight excluding hydrogens is 707 g/mol. The van der Waals surface area contributed by atoms with Crippen molar-refractivity contribution in [1.82, 2.24) is 0 Å². The Morgan fingerprint density at radius 1 is 0.439 bits per heavy atom. The summed E-state index contributed by atoms with van der Waals surface area (Å²) >= 11 is 1.89. The first kappa shape index (κ1) is 33.0. The van der Waals surface area contributed by atoms with Crippen molar-refractivity contribution in [2.45, 2.75) is 31.1 Å². The maximum atomic E-state index is 2.56. The third-order valence-corrected chi connectivity index (χ3v) is 14.8. The fourth-order valence-corrected chi connectivity index (χ4v) is 12.3. The average Bonchev–Trinajstić information content (AvgIpc) is 4.06. The summed E-state index contributed by atoms with van der Waals surface area (Å²) in [5, 5.41) is 2.66. The van der Waals surface area contributed by atoms with Gasteiger partial charge in [-0.3, -0.25) is 0 Å². The number of benzene rings is 8. The van der Waals surface area contributed by atoms with Crippen LogP contribution in [0.5, 0.6) is 0 Å². The molecule has 57 heavy (non-hydrogen) atoms. The van der Waals surface area contributed by atoms with Crippen LogP contribution in [0.2, 0.25) is 0 Å². The van der Waals surface area contributed by atoms with Crippen LogP contribution in [-0.4, -0.2) is 0 Å². The molecule has 9 aromatic rings. The van der Waals surface area contributed by atoms with E-state index in [1.54, 1.807) is 11.1 Å². The Kier molecular flexibility index (Phi) is 7.47. The molecule has 8 aromatic carbocycles. The van der Waals surface area contributed by atoms with Gasteiger partial charge in [-0.1, -0.05) is 146 Å². The van der Waals surface area contributed by atoms with E-state index in [-0.39, 0.29) is 5.41 Å². The normalized spacial score (nSPS) is 19.0. The maximum absolute atomic E-state index is 2.56. The zero-order chi connectivity index (χ0) is 37.5. The van der Waals surface area contributed by atoms with Crippen molar-refractivity contribution in [1.29, 1.82) is 0 Å². The Labute approximate surface area is 338 Å². The maximum Gasteiger partial charge on any atom is 0.0462 e. The monoisotopic (exact) mass is 747 g/mol. The molecule has 12 rings (SSSR count). The lowest BCUT2D eigenvalue weighted by Crippen LogP contribution is -2.31. The number of rotatable bonds is 6. The second-order valence-corrected chi connectivity index (χ2v) is 17.5. The number of anilines is 3. The molecule has 3 atom stereocenters. The third-order valence-electron chi connectivity index (χ3n) is 13.6. The molecule has 3 aliphatic rings. The van der Waals surface area contributed by atoms with Crippen molar-refractivity contribution in [2.24, 2.45) is 11.8 Å². The molecule has 2 saturated carbocycles. The lowest BCUT2D eigenvalue weighted by atomic mass is 9.66. The van der Waals surface area contributed by atoms with Gasteiger partial charge in [0.1, 0.15) is 0 Å². The van der Waals surface area contributed by atoms with Crippen molar-refractivity contribution in [2.75, 3.05) is 4.90 Å². The molecule has 0 saturated heterocycles. The van der Waals surface area contributed by atoms with Gasteiger partial charge in [0, 0.05) is 42.6 Å². The van der Waals surface area contributed by atoms with E-state index >= 15 is 0 Å². The minimum absolute atomic E-state index is 0.183. The van der Waals surface area contributed by atoms with E-state index in [4.69, 9.17) is 0 Å². The van der Waals surface area contributed by atoms with E-state index in [0.717, 1.165) is 28.9 Å². The van der Waals surface area contributed by atoms with Crippen LogP contribution in [0.25, 0.3) is 64.7 Å². The fourth-order valence-electron chi connectivity index (χ4n) is 11.0. The third kappa shape index (κ3) is 5.13. The van der Waals surface area contributed by atoms with Gasteiger partial charge < -0.3 is 4.90 Å². The van der Waals surface area contributed by atoms with Gasteiger partial charge in [0.05, 0.1) is 0 Å². The van der Waals surface area contributed by atoms with Crippen LogP contribution < -0.4 is 4.90 Å². The van der Waals surface area contributed by atoms with E-state index in [9.17, 15) is 0 Å². The zero-order valence-electron chi connectivity index (χ0n) is 31.7. The number of hydrogen-bond acceptors (Lipinski definition) is 2. The summed E-state index contributed by atoms with van der Waals surface area (Å²) < 4.78 is 2.68. The number of thiophene rings is 1. The Balaban J connectivity index is 0.924. The highest BCUT2D eigenvalue weighted by Gasteiger charge is 2.56. The van der Waals surface area contributed by atoms with Gasteiger partial charge >= 0.3 is 0 Å². The summed E-state index contributed by atoms with van der Waals surface area (Å²) in [6.45, 7) is 0. The van der Waals surface area contributed by atoms with Gasteiger partial charge in [0.2, 0.25) is 0 Å². The second-order valence-electron chi connectivity index (χ2n) is 16.5. The quantitative estimate of drug-likeness (QED) is 0.164. The molecule has 0 amide bonds. The first-order valence-electron chi connectivity index (χ1n) is 20.5. The van der Waals surface area contributed by atoms with Crippen LogP contribution in [0.15, 0.2) is 188 Å². The number of hydrogen-bond donors (Lipinski definition) is 0. The van der Waals surface area contributed by atoms with Crippen LogP contribution in [0, 0.1) is 11.8 Å². The van der Waals surface area contributed by atoms with Gasteiger partial charge in [0.25, 0.3) is 0 Å². The summed E-state index contributed by atoms with van der Waals surface area (Å²) in [7, 11) is 0. The molecule has 1 spiro atoms. The molecule has 2 heteroatoms. The largest absolute Gasteiger partial charge is 0.311 e. The Bertz CT molecular complexity index is 2960. The Morgan fingerprint density at radius 3 is 1.74 bits per heavy atom. The Hall–Kier alpha value is -6.22. The summed E-state index contributed by atoms with van der Waals surface area (Å²) in [4.78, 5) is 2.39. The van der Waals surface area contributed by atoms with Crippen LogP contribution in [0.4, 0.5) is 17.1 Å².